The van der Waals surface area contributed by atoms with Crippen LogP contribution in [0.4, 0.5) is 0 Å². The molecule has 4 nitrogen and oxygen atoms in total. The second kappa shape index (κ2) is 14.2. The fraction of sp³-hybridized carbons (Fsp3) is 0.0169. The fourth-order valence-corrected chi connectivity index (χ4v) is 10.3. The molecule has 13 rings (SSSR count). The van der Waals surface area contributed by atoms with Crippen molar-refractivity contribution in [3.63, 3.8) is 0 Å². The maximum atomic E-state index is 5.40. The molecule has 2 N–H and O–H groups in total. The van der Waals surface area contributed by atoms with Crippen molar-refractivity contribution in [1.29, 1.82) is 0 Å². The van der Waals surface area contributed by atoms with Gasteiger partial charge in [-0.15, -0.1) is 0 Å². The van der Waals surface area contributed by atoms with Gasteiger partial charge in [0.05, 0.1) is 16.6 Å². The Morgan fingerprint density at radius 3 is 1.78 bits per heavy atom. The largest absolute Gasteiger partial charge is 0.309 e. The average molecular weight is 804 g/mol. The SMILES string of the molecule is c1ccc(-n2c3ccccc3c3c4c5ccccc5c(-c5ccc(C6=NC(c7cccc8ccccc78)[NH2+]C(c7cccc8ccccc78)=N6)cc5)cc4c4ccccc4c32)cc1. The third kappa shape index (κ3) is 5.59. The predicted molar refractivity (Wildman–Crippen MR) is 264 cm³/mol. The number of aromatic nitrogens is 1. The normalized spacial score (nSPS) is 14.3. The first kappa shape index (κ1) is 35.6. The van der Waals surface area contributed by atoms with E-state index in [-0.39, 0.29) is 6.17 Å². The zero-order valence-electron chi connectivity index (χ0n) is 34.3. The summed E-state index contributed by atoms with van der Waals surface area (Å²) in [4.78, 5) is 10.7. The third-order valence-corrected chi connectivity index (χ3v) is 13.1. The molecular weight excluding hydrogens is 765 g/mol. The fourth-order valence-electron chi connectivity index (χ4n) is 10.3. The molecule has 4 heteroatoms. The van der Waals surface area contributed by atoms with Gasteiger partial charge in [0.2, 0.25) is 12.0 Å². The van der Waals surface area contributed by atoms with Crippen molar-refractivity contribution >= 4 is 87.3 Å². The molecule has 1 unspecified atom stereocenters. The molecule has 294 valence electrons. The molecule has 0 amide bonds. The first-order valence-corrected chi connectivity index (χ1v) is 21.7. The maximum absolute atomic E-state index is 5.40. The highest BCUT2D eigenvalue weighted by Crippen LogP contribution is 2.47. The number of nitrogens with two attached hydrogens (primary N) is 1. The Labute approximate surface area is 363 Å². The number of hydrogen-bond acceptors (Lipinski definition) is 2. The topological polar surface area (TPSA) is 46.3 Å². The quantitative estimate of drug-likeness (QED) is 0.169. The number of hydrogen-bond donors (Lipinski definition) is 1. The molecule has 0 spiro atoms. The van der Waals surface area contributed by atoms with Gasteiger partial charge in [-0.1, -0.05) is 188 Å². The number of benzene rings is 11. The van der Waals surface area contributed by atoms with Gasteiger partial charge in [0.25, 0.3) is 0 Å². The van der Waals surface area contributed by atoms with E-state index in [1.165, 1.54) is 86.8 Å². The standard InChI is InChI=1S/C59H38N4/c1-2-20-41(21-3-1)63-53-31-13-12-28-50(53)55-54-46-26-10-8-24-44(46)51(36-52(54)45-25-9-11-27-47(45)56(55)63)39-32-34-40(35-33-39)57-60-58(48-29-14-18-37-16-4-6-22-42(37)48)62-59(61-57)49-30-15-19-38-17-5-7-23-43(38)49/h1-36,58H,(H,60,61,62)/p+1. The molecule has 0 aliphatic carbocycles. The molecule has 0 radical (unpaired) electrons. The van der Waals surface area contributed by atoms with Gasteiger partial charge in [-0.3, -0.25) is 5.32 Å². The minimum absolute atomic E-state index is 0.209. The molecule has 1 aliphatic heterocycles. The van der Waals surface area contributed by atoms with Crippen LogP contribution in [-0.4, -0.2) is 16.2 Å². The summed E-state index contributed by atoms with van der Waals surface area (Å²) in [6.07, 6.45) is -0.209. The van der Waals surface area contributed by atoms with Gasteiger partial charge in [-0.25, -0.2) is 4.99 Å². The van der Waals surface area contributed by atoms with Crippen LogP contribution in [-0.2, 0) is 0 Å². The number of aliphatic imine (C=N–C) groups is 2. The first-order chi connectivity index (χ1) is 31.3. The number of quaternary nitrogens is 1. The minimum Gasteiger partial charge on any atom is -0.309 e. The van der Waals surface area contributed by atoms with Crippen molar-refractivity contribution in [2.24, 2.45) is 9.98 Å². The number of para-hydroxylation sites is 2. The molecule has 1 aliphatic rings. The second-order valence-corrected chi connectivity index (χ2v) is 16.6. The molecule has 0 saturated carbocycles. The van der Waals surface area contributed by atoms with Gasteiger partial charge in [0.1, 0.15) is 0 Å². The van der Waals surface area contributed by atoms with Gasteiger partial charge >= 0.3 is 0 Å². The second-order valence-electron chi connectivity index (χ2n) is 16.6. The van der Waals surface area contributed by atoms with Crippen LogP contribution in [0.1, 0.15) is 22.9 Å². The summed E-state index contributed by atoms with van der Waals surface area (Å²) in [7, 11) is 0. The molecule has 1 aromatic heterocycles. The van der Waals surface area contributed by atoms with E-state index < -0.39 is 0 Å². The first-order valence-electron chi connectivity index (χ1n) is 21.7. The lowest BCUT2D eigenvalue weighted by Gasteiger charge is -2.21. The average Bonchev–Trinajstić information content (AvgIpc) is 3.71. The summed E-state index contributed by atoms with van der Waals surface area (Å²) in [5, 5.41) is 17.1. The molecule has 2 heterocycles. The van der Waals surface area contributed by atoms with Gasteiger partial charge < -0.3 is 4.57 Å². The number of fused-ring (bicyclic) bond motifs is 12. The molecule has 63 heavy (non-hydrogen) atoms. The lowest BCUT2D eigenvalue weighted by molar-refractivity contribution is -0.586. The van der Waals surface area contributed by atoms with E-state index in [9.17, 15) is 0 Å². The van der Waals surface area contributed by atoms with Crippen LogP contribution in [0.5, 0.6) is 0 Å². The van der Waals surface area contributed by atoms with E-state index in [2.05, 4.69) is 228 Å². The Bertz CT molecular complexity index is 3870. The van der Waals surface area contributed by atoms with Crippen molar-refractivity contribution in [1.82, 2.24) is 4.57 Å². The Kier molecular flexibility index (Phi) is 8.02. The van der Waals surface area contributed by atoms with Crippen LogP contribution < -0.4 is 5.32 Å². The number of amidine groups is 2. The summed E-state index contributed by atoms with van der Waals surface area (Å²) in [6, 6.07) is 79.1. The van der Waals surface area contributed by atoms with E-state index >= 15 is 0 Å². The van der Waals surface area contributed by atoms with Crippen LogP contribution in [0.15, 0.2) is 228 Å². The van der Waals surface area contributed by atoms with Crippen LogP contribution in [0.2, 0.25) is 0 Å². The summed E-state index contributed by atoms with van der Waals surface area (Å²) < 4.78 is 2.46. The lowest BCUT2D eigenvalue weighted by atomic mass is 9.88. The molecule has 0 saturated heterocycles. The summed E-state index contributed by atoms with van der Waals surface area (Å²) in [5.74, 6) is 1.67. The monoisotopic (exact) mass is 803 g/mol. The van der Waals surface area contributed by atoms with Crippen molar-refractivity contribution in [2.45, 2.75) is 6.17 Å². The van der Waals surface area contributed by atoms with E-state index in [0.29, 0.717) is 0 Å². The molecule has 0 bridgehead atoms. The van der Waals surface area contributed by atoms with E-state index in [1.807, 2.05) is 0 Å². The van der Waals surface area contributed by atoms with Gasteiger partial charge in [-0.2, -0.15) is 4.99 Å². The molecule has 12 aromatic rings. The molecule has 0 fully saturated rings. The van der Waals surface area contributed by atoms with Gasteiger partial charge in [-0.05, 0) is 84.5 Å². The Morgan fingerprint density at radius 2 is 0.984 bits per heavy atom. The third-order valence-electron chi connectivity index (χ3n) is 13.1. The van der Waals surface area contributed by atoms with Crippen molar-refractivity contribution in [3.05, 3.63) is 235 Å². The highest BCUT2D eigenvalue weighted by molar-refractivity contribution is 6.38. The highest BCUT2D eigenvalue weighted by Gasteiger charge is 2.28. The number of rotatable bonds is 5. The molecular formula is C59H39N4+. The van der Waals surface area contributed by atoms with E-state index in [1.54, 1.807) is 0 Å². The van der Waals surface area contributed by atoms with E-state index in [0.717, 1.165) is 34.0 Å². The van der Waals surface area contributed by atoms with Crippen LogP contribution in [0, 0.1) is 0 Å². The maximum Gasteiger partial charge on any atom is 0.236 e. The van der Waals surface area contributed by atoms with Gasteiger partial charge in [0.15, 0.2) is 5.84 Å². The van der Waals surface area contributed by atoms with Crippen molar-refractivity contribution in [3.8, 4) is 16.8 Å². The predicted octanol–water partition coefficient (Wildman–Crippen LogP) is 13.7. The van der Waals surface area contributed by atoms with Crippen LogP contribution in [0.25, 0.3) is 92.5 Å². The van der Waals surface area contributed by atoms with Crippen LogP contribution >= 0.6 is 0 Å². The van der Waals surface area contributed by atoms with Crippen LogP contribution in [0.3, 0.4) is 0 Å². The summed E-state index contributed by atoms with van der Waals surface area (Å²) in [5.41, 5.74) is 9.23. The zero-order valence-corrected chi connectivity index (χ0v) is 34.3. The van der Waals surface area contributed by atoms with Crippen molar-refractivity contribution < 1.29 is 5.32 Å². The molecule has 11 aromatic carbocycles. The lowest BCUT2D eigenvalue weighted by Crippen LogP contribution is -2.90. The smallest absolute Gasteiger partial charge is 0.236 e. The highest BCUT2D eigenvalue weighted by atomic mass is 15.2. The minimum atomic E-state index is -0.209. The number of nitrogens with zero attached hydrogens (tertiary/aromatic N) is 3. The Balaban J connectivity index is 1.01. The zero-order chi connectivity index (χ0) is 41.4. The Morgan fingerprint density at radius 1 is 0.397 bits per heavy atom. The Hall–Kier alpha value is -8.18. The summed E-state index contributed by atoms with van der Waals surface area (Å²) >= 11 is 0. The van der Waals surface area contributed by atoms with Gasteiger partial charge in [0, 0.05) is 38.4 Å². The summed E-state index contributed by atoms with van der Waals surface area (Å²) in [6.45, 7) is 0. The van der Waals surface area contributed by atoms with Crippen molar-refractivity contribution in [2.75, 3.05) is 0 Å². The molecule has 1 atom stereocenters. The van der Waals surface area contributed by atoms with E-state index in [4.69, 9.17) is 9.98 Å².